The Morgan fingerprint density at radius 1 is 1.11 bits per heavy atom. The van der Waals surface area contributed by atoms with Crippen molar-refractivity contribution in [1.29, 1.82) is 0 Å². The van der Waals surface area contributed by atoms with E-state index < -0.39 is 0 Å². The standard InChI is InChI=1S/C15H19O4/c1-3-5-6-14(16)19-13-9-7-12(8-10-13)15(17)18-11-4-2/h6-10H,3-5,11H2,1-2H3. The molecule has 19 heavy (non-hydrogen) atoms. The molecule has 0 heterocycles. The van der Waals surface area contributed by atoms with Crippen LogP contribution in [0.4, 0.5) is 0 Å². The minimum absolute atomic E-state index is 0.364. The molecule has 0 spiro atoms. The predicted molar refractivity (Wildman–Crippen MR) is 71.9 cm³/mol. The second kappa shape index (κ2) is 8.29. The number of benzene rings is 1. The Bertz CT molecular complexity index is 409. The summed E-state index contributed by atoms with van der Waals surface area (Å²) in [5.74, 6) is -0.315. The molecule has 4 nitrogen and oxygen atoms in total. The molecule has 1 radical (unpaired) electrons. The van der Waals surface area contributed by atoms with Gasteiger partial charge in [-0.05, 0) is 37.1 Å². The average Bonchev–Trinajstić information content (AvgIpc) is 2.43. The summed E-state index contributed by atoms with van der Waals surface area (Å²) in [6.45, 7) is 4.32. The highest BCUT2D eigenvalue weighted by Crippen LogP contribution is 2.14. The zero-order chi connectivity index (χ0) is 14.1. The zero-order valence-corrected chi connectivity index (χ0v) is 11.3. The molecule has 0 amide bonds. The first-order chi connectivity index (χ1) is 9.17. The van der Waals surface area contributed by atoms with E-state index >= 15 is 0 Å². The van der Waals surface area contributed by atoms with Gasteiger partial charge in [0.25, 0.3) is 0 Å². The molecule has 0 atom stereocenters. The van der Waals surface area contributed by atoms with Crippen LogP contribution < -0.4 is 4.74 Å². The highest BCUT2D eigenvalue weighted by atomic mass is 16.5. The van der Waals surface area contributed by atoms with Crippen LogP contribution in [0.5, 0.6) is 5.75 Å². The van der Waals surface area contributed by atoms with E-state index in [2.05, 4.69) is 0 Å². The Morgan fingerprint density at radius 3 is 2.37 bits per heavy atom. The van der Waals surface area contributed by atoms with Crippen molar-refractivity contribution >= 4 is 11.9 Å². The molecule has 0 aliphatic rings. The quantitative estimate of drug-likeness (QED) is 0.560. The molecule has 4 heteroatoms. The van der Waals surface area contributed by atoms with E-state index in [1.807, 2.05) is 13.8 Å². The molecule has 1 aromatic carbocycles. The fourth-order valence-electron chi connectivity index (χ4n) is 1.36. The summed E-state index contributed by atoms with van der Waals surface area (Å²) < 4.78 is 10.1. The van der Waals surface area contributed by atoms with Crippen LogP contribution in [0.1, 0.15) is 43.5 Å². The molecule has 0 fully saturated rings. The number of hydrogen-bond acceptors (Lipinski definition) is 4. The lowest BCUT2D eigenvalue weighted by atomic mass is 10.2. The maximum Gasteiger partial charge on any atom is 0.338 e. The van der Waals surface area contributed by atoms with Gasteiger partial charge < -0.3 is 9.47 Å². The SMILES string of the molecule is CCC[CH]C(=O)Oc1ccc(C(=O)OCCC)cc1. The summed E-state index contributed by atoms with van der Waals surface area (Å²) in [7, 11) is 0. The van der Waals surface area contributed by atoms with Gasteiger partial charge in [-0.3, -0.25) is 4.79 Å². The number of esters is 2. The van der Waals surface area contributed by atoms with Gasteiger partial charge in [-0.2, -0.15) is 0 Å². The number of ether oxygens (including phenoxy) is 2. The predicted octanol–water partition coefficient (Wildman–Crippen LogP) is 3.16. The highest BCUT2D eigenvalue weighted by molar-refractivity contribution is 5.89. The van der Waals surface area contributed by atoms with Gasteiger partial charge in [0.1, 0.15) is 5.75 Å². The summed E-state index contributed by atoms with van der Waals surface area (Å²) in [5, 5.41) is 0. The average molecular weight is 263 g/mol. The summed E-state index contributed by atoms with van der Waals surface area (Å²) in [6, 6.07) is 6.33. The van der Waals surface area contributed by atoms with Crippen molar-refractivity contribution in [2.75, 3.05) is 6.61 Å². The first kappa shape index (κ1) is 15.2. The summed E-state index contributed by atoms with van der Waals surface area (Å²) >= 11 is 0. The van der Waals surface area contributed by atoms with Gasteiger partial charge in [-0.15, -0.1) is 0 Å². The molecule has 0 aliphatic heterocycles. The second-order valence-electron chi connectivity index (χ2n) is 4.07. The van der Waals surface area contributed by atoms with Gasteiger partial charge >= 0.3 is 11.9 Å². The maximum absolute atomic E-state index is 11.5. The number of hydrogen-bond donors (Lipinski definition) is 0. The van der Waals surface area contributed by atoms with Gasteiger partial charge in [0, 0.05) is 0 Å². The number of carbonyl (C=O) groups excluding carboxylic acids is 2. The van der Waals surface area contributed by atoms with Crippen molar-refractivity contribution in [2.24, 2.45) is 0 Å². The molecule has 0 saturated heterocycles. The summed E-state index contributed by atoms with van der Waals surface area (Å²) in [6.07, 6.45) is 3.88. The lowest BCUT2D eigenvalue weighted by Gasteiger charge is -2.05. The third-order valence-corrected chi connectivity index (χ3v) is 2.35. The van der Waals surface area contributed by atoms with E-state index in [9.17, 15) is 9.59 Å². The van der Waals surface area contributed by atoms with Crippen molar-refractivity contribution in [3.63, 3.8) is 0 Å². The van der Waals surface area contributed by atoms with Crippen LogP contribution in [-0.4, -0.2) is 18.5 Å². The van der Waals surface area contributed by atoms with Crippen molar-refractivity contribution in [3.05, 3.63) is 36.2 Å². The molecule has 0 bridgehead atoms. The van der Waals surface area contributed by atoms with E-state index in [4.69, 9.17) is 9.47 Å². The number of unbranched alkanes of at least 4 members (excludes halogenated alkanes) is 1. The molecule has 103 valence electrons. The first-order valence-corrected chi connectivity index (χ1v) is 6.49. The van der Waals surface area contributed by atoms with E-state index in [0.29, 0.717) is 24.3 Å². The van der Waals surface area contributed by atoms with E-state index in [-0.39, 0.29) is 11.9 Å². The van der Waals surface area contributed by atoms with Crippen molar-refractivity contribution in [2.45, 2.75) is 33.1 Å². The Labute approximate surface area is 113 Å². The second-order valence-corrected chi connectivity index (χ2v) is 4.07. The molecule has 1 rings (SSSR count). The fraction of sp³-hybridized carbons (Fsp3) is 0.400. The van der Waals surface area contributed by atoms with E-state index in [1.54, 1.807) is 24.3 Å². The fourth-order valence-corrected chi connectivity index (χ4v) is 1.36. The smallest absolute Gasteiger partial charge is 0.338 e. The van der Waals surface area contributed by atoms with Crippen LogP contribution >= 0.6 is 0 Å². The third kappa shape index (κ3) is 5.55. The molecule has 0 N–H and O–H groups in total. The van der Waals surface area contributed by atoms with Gasteiger partial charge in [0.05, 0.1) is 18.6 Å². The summed E-state index contributed by atoms with van der Waals surface area (Å²) in [4.78, 5) is 22.9. The van der Waals surface area contributed by atoms with Gasteiger partial charge in [-0.1, -0.05) is 20.3 Å². The third-order valence-electron chi connectivity index (χ3n) is 2.35. The van der Waals surface area contributed by atoms with Crippen LogP contribution in [-0.2, 0) is 9.53 Å². The first-order valence-electron chi connectivity index (χ1n) is 6.49. The molecule has 0 aromatic heterocycles. The van der Waals surface area contributed by atoms with Crippen LogP contribution in [0, 0.1) is 6.42 Å². The Hall–Kier alpha value is -1.84. The molecular formula is C15H19O4. The molecular weight excluding hydrogens is 244 g/mol. The van der Waals surface area contributed by atoms with Gasteiger partial charge in [0.2, 0.25) is 0 Å². The Balaban J connectivity index is 2.51. The Kier molecular flexibility index (Phi) is 6.64. The number of rotatable bonds is 7. The zero-order valence-electron chi connectivity index (χ0n) is 11.3. The van der Waals surface area contributed by atoms with Crippen LogP contribution in [0.2, 0.25) is 0 Å². The van der Waals surface area contributed by atoms with Crippen molar-refractivity contribution < 1.29 is 19.1 Å². The largest absolute Gasteiger partial charge is 0.462 e. The highest BCUT2D eigenvalue weighted by Gasteiger charge is 2.08. The minimum Gasteiger partial charge on any atom is -0.462 e. The van der Waals surface area contributed by atoms with Crippen molar-refractivity contribution in [3.8, 4) is 5.75 Å². The topological polar surface area (TPSA) is 52.6 Å². The van der Waals surface area contributed by atoms with Gasteiger partial charge in [0.15, 0.2) is 0 Å². The lowest BCUT2D eigenvalue weighted by molar-refractivity contribution is -0.130. The monoisotopic (exact) mass is 263 g/mol. The van der Waals surface area contributed by atoms with Crippen molar-refractivity contribution in [1.82, 2.24) is 0 Å². The van der Waals surface area contributed by atoms with E-state index in [1.165, 1.54) is 6.42 Å². The number of carbonyl (C=O) groups is 2. The molecule has 0 unspecified atom stereocenters. The molecule has 0 saturated carbocycles. The summed E-state index contributed by atoms with van der Waals surface area (Å²) in [5.41, 5.74) is 0.450. The molecule has 0 aliphatic carbocycles. The van der Waals surface area contributed by atoms with Crippen LogP contribution in [0.15, 0.2) is 24.3 Å². The molecule has 1 aromatic rings. The van der Waals surface area contributed by atoms with E-state index in [0.717, 1.165) is 12.8 Å². The minimum atomic E-state index is -0.372. The van der Waals surface area contributed by atoms with Crippen LogP contribution in [0.25, 0.3) is 0 Å². The van der Waals surface area contributed by atoms with Gasteiger partial charge in [-0.25, -0.2) is 4.79 Å². The van der Waals surface area contributed by atoms with Crippen LogP contribution in [0.3, 0.4) is 0 Å². The normalized spacial score (nSPS) is 10.0. The lowest BCUT2D eigenvalue weighted by Crippen LogP contribution is -2.09. The Morgan fingerprint density at radius 2 is 1.79 bits per heavy atom. The maximum atomic E-state index is 11.5.